The molecule has 3 rings (SSSR count). The van der Waals surface area contributed by atoms with E-state index in [1.54, 1.807) is 12.1 Å². The molecule has 1 saturated carbocycles. The molecule has 1 heterocycles. The number of likely N-dealkylation sites (N-methyl/N-ethyl adjacent to an activating group) is 1. The Balaban J connectivity index is 1.75. The van der Waals surface area contributed by atoms with Crippen LogP contribution in [0.25, 0.3) is 10.2 Å². The van der Waals surface area contributed by atoms with E-state index < -0.39 is 0 Å². The predicted octanol–water partition coefficient (Wildman–Crippen LogP) is 3.33. The summed E-state index contributed by atoms with van der Waals surface area (Å²) in [6, 6.07) is 4.74. The van der Waals surface area contributed by atoms with Crippen LogP contribution < -0.4 is 5.32 Å². The highest BCUT2D eigenvalue weighted by atomic mass is 32.1. The third-order valence-electron chi connectivity index (χ3n) is 4.15. The SMILES string of the molecule is CN(C)C1(CNc2nc3ccc(F)cc3s2)CCC1. The topological polar surface area (TPSA) is 28.2 Å². The minimum absolute atomic E-state index is 0.202. The molecular weight excluding hydrogens is 261 g/mol. The molecule has 0 amide bonds. The molecule has 0 unspecified atom stereocenters. The van der Waals surface area contributed by atoms with E-state index in [-0.39, 0.29) is 11.4 Å². The smallest absolute Gasteiger partial charge is 0.183 e. The number of rotatable bonds is 4. The van der Waals surface area contributed by atoms with Crippen molar-refractivity contribution in [1.82, 2.24) is 9.88 Å². The van der Waals surface area contributed by atoms with Gasteiger partial charge >= 0.3 is 0 Å². The lowest BCUT2D eigenvalue weighted by Gasteiger charge is -2.47. The Bertz CT molecular complexity index is 589. The average Bonchev–Trinajstić information content (AvgIpc) is 2.68. The molecule has 1 aliphatic rings. The number of nitrogens with zero attached hydrogens (tertiary/aromatic N) is 2. The van der Waals surface area contributed by atoms with Crippen LogP contribution in [0.4, 0.5) is 9.52 Å². The van der Waals surface area contributed by atoms with Crippen molar-refractivity contribution in [2.75, 3.05) is 26.0 Å². The average molecular weight is 279 g/mol. The van der Waals surface area contributed by atoms with Gasteiger partial charge in [-0.15, -0.1) is 0 Å². The summed E-state index contributed by atoms with van der Waals surface area (Å²) in [5.41, 5.74) is 1.13. The Morgan fingerprint density at radius 3 is 2.84 bits per heavy atom. The molecule has 0 atom stereocenters. The highest BCUT2D eigenvalue weighted by molar-refractivity contribution is 7.22. The number of hydrogen-bond acceptors (Lipinski definition) is 4. The lowest BCUT2D eigenvalue weighted by atomic mass is 9.75. The van der Waals surface area contributed by atoms with Gasteiger partial charge in [0.05, 0.1) is 10.2 Å². The molecule has 0 saturated heterocycles. The zero-order chi connectivity index (χ0) is 13.5. The lowest BCUT2D eigenvalue weighted by molar-refractivity contribution is 0.0739. The largest absolute Gasteiger partial charge is 0.360 e. The summed E-state index contributed by atoms with van der Waals surface area (Å²) in [5.74, 6) is -0.202. The molecule has 1 aliphatic carbocycles. The monoisotopic (exact) mass is 279 g/mol. The lowest BCUT2D eigenvalue weighted by Crippen LogP contribution is -2.54. The molecule has 1 aromatic carbocycles. The second-order valence-electron chi connectivity index (χ2n) is 5.46. The summed E-state index contributed by atoms with van der Waals surface area (Å²) in [7, 11) is 4.27. The van der Waals surface area contributed by atoms with Crippen molar-refractivity contribution in [3.63, 3.8) is 0 Å². The van der Waals surface area contributed by atoms with Gasteiger partial charge in [-0.25, -0.2) is 9.37 Å². The van der Waals surface area contributed by atoms with Gasteiger partial charge in [0.2, 0.25) is 0 Å². The molecule has 1 N–H and O–H groups in total. The Morgan fingerprint density at radius 1 is 1.42 bits per heavy atom. The first-order valence-corrected chi connectivity index (χ1v) is 7.38. The molecule has 3 nitrogen and oxygen atoms in total. The van der Waals surface area contributed by atoms with Crippen molar-refractivity contribution in [3.05, 3.63) is 24.0 Å². The van der Waals surface area contributed by atoms with Crippen LogP contribution in [0.5, 0.6) is 0 Å². The van der Waals surface area contributed by atoms with Crippen molar-refractivity contribution in [3.8, 4) is 0 Å². The molecular formula is C14H18FN3S. The highest BCUT2D eigenvalue weighted by Gasteiger charge is 2.38. The number of fused-ring (bicyclic) bond motifs is 1. The Kier molecular flexibility index (Phi) is 3.19. The van der Waals surface area contributed by atoms with Crippen molar-refractivity contribution in [2.24, 2.45) is 0 Å². The molecule has 1 aromatic heterocycles. The zero-order valence-corrected chi connectivity index (χ0v) is 12.1. The molecule has 102 valence electrons. The summed E-state index contributed by atoms with van der Waals surface area (Å²) < 4.78 is 14.0. The van der Waals surface area contributed by atoms with Crippen LogP contribution in [0.3, 0.4) is 0 Å². The third kappa shape index (κ3) is 2.32. The van der Waals surface area contributed by atoms with Crippen LogP contribution in [0.2, 0.25) is 0 Å². The van der Waals surface area contributed by atoms with Crippen molar-refractivity contribution in [2.45, 2.75) is 24.8 Å². The predicted molar refractivity (Wildman–Crippen MR) is 78.3 cm³/mol. The number of hydrogen-bond donors (Lipinski definition) is 1. The van der Waals surface area contributed by atoms with E-state index in [0.717, 1.165) is 21.9 Å². The van der Waals surface area contributed by atoms with E-state index in [1.807, 2.05) is 0 Å². The van der Waals surface area contributed by atoms with Crippen LogP contribution in [-0.4, -0.2) is 36.1 Å². The maximum absolute atomic E-state index is 13.1. The van der Waals surface area contributed by atoms with Gasteiger partial charge in [-0.3, -0.25) is 0 Å². The van der Waals surface area contributed by atoms with E-state index in [2.05, 4.69) is 29.3 Å². The normalized spacial score (nSPS) is 17.7. The highest BCUT2D eigenvalue weighted by Crippen LogP contribution is 2.37. The summed E-state index contributed by atoms with van der Waals surface area (Å²) in [4.78, 5) is 6.80. The first kappa shape index (κ1) is 12.8. The van der Waals surface area contributed by atoms with E-state index in [9.17, 15) is 4.39 Å². The standard InChI is InChI=1S/C14H18FN3S/c1-18(2)14(6-3-7-14)9-16-13-17-11-5-4-10(15)8-12(11)19-13/h4-5,8H,3,6-7,9H2,1-2H3,(H,16,17). The van der Waals surface area contributed by atoms with Gasteiger partial charge in [-0.2, -0.15) is 0 Å². The number of halogens is 1. The van der Waals surface area contributed by atoms with Crippen LogP contribution >= 0.6 is 11.3 Å². The van der Waals surface area contributed by atoms with Gasteiger partial charge in [0.25, 0.3) is 0 Å². The van der Waals surface area contributed by atoms with Crippen LogP contribution in [0, 0.1) is 5.82 Å². The van der Waals surface area contributed by atoms with Gasteiger partial charge in [0.1, 0.15) is 5.82 Å². The first-order chi connectivity index (χ1) is 9.09. The maximum Gasteiger partial charge on any atom is 0.183 e. The molecule has 19 heavy (non-hydrogen) atoms. The Labute approximate surface area is 116 Å². The number of benzene rings is 1. The molecule has 1 fully saturated rings. The van der Waals surface area contributed by atoms with Crippen LogP contribution in [0.1, 0.15) is 19.3 Å². The molecule has 0 bridgehead atoms. The van der Waals surface area contributed by atoms with Crippen LogP contribution in [-0.2, 0) is 0 Å². The molecule has 2 aromatic rings. The van der Waals surface area contributed by atoms with Crippen molar-refractivity contribution >= 4 is 26.7 Å². The Morgan fingerprint density at radius 2 is 2.21 bits per heavy atom. The van der Waals surface area contributed by atoms with E-state index in [0.29, 0.717) is 0 Å². The maximum atomic E-state index is 13.1. The van der Waals surface area contributed by atoms with Crippen molar-refractivity contribution < 1.29 is 4.39 Å². The zero-order valence-electron chi connectivity index (χ0n) is 11.2. The fraction of sp³-hybridized carbons (Fsp3) is 0.500. The minimum Gasteiger partial charge on any atom is -0.360 e. The van der Waals surface area contributed by atoms with E-state index >= 15 is 0 Å². The summed E-state index contributed by atoms with van der Waals surface area (Å²) in [6.45, 7) is 0.905. The number of anilines is 1. The molecule has 0 aliphatic heterocycles. The van der Waals surface area contributed by atoms with Crippen LogP contribution in [0.15, 0.2) is 18.2 Å². The second-order valence-corrected chi connectivity index (χ2v) is 6.49. The minimum atomic E-state index is -0.202. The van der Waals surface area contributed by atoms with E-state index in [1.165, 1.54) is 36.7 Å². The third-order valence-corrected chi connectivity index (χ3v) is 5.13. The summed E-state index contributed by atoms with van der Waals surface area (Å²) in [5, 5.41) is 4.30. The Hall–Kier alpha value is -1.20. The molecule has 0 spiro atoms. The molecule has 5 heteroatoms. The number of thiazole rings is 1. The first-order valence-electron chi connectivity index (χ1n) is 6.56. The van der Waals surface area contributed by atoms with Gasteiger partial charge in [0.15, 0.2) is 5.13 Å². The van der Waals surface area contributed by atoms with Crippen molar-refractivity contribution in [1.29, 1.82) is 0 Å². The van der Waals surface area contributed by atoms with Gasteiger partial charge in [-0.05, 0) is 51.6 Å². The van der Waals surface area contributed by atoms with Gasteiger partial charge in [-0.1, -0.05) is 11.3 Å². The fourth-order valence-electron chi connectivity index (χ4n) is 2.58. The number of aromatic nitrogens is 1. The van der Waals surface area contributed by atoms with Gasteiger partial charge in [0, 0.05) is 12.1 Å². The second kappa shape index (κ2) is 4.72. The quantitative estimate of drug-likeness (QED) is 0.930. The van der Waals surface area contributed by atoms with E-state index in [4.69, 9.17) is 0 Å². The molecule has 0 radical (unpaired) electrons. The summed E-state index contributed by atoms with van der Waals surface area (Å²) >= 11 is 1.52. The van der Waals surface area contributed by atoms with Gasteiger partial charge < -0.3 is 10.2 Å². The fourth-order valence-corrected chi connectivity index (χ4v) is 3.47. The number of nitrogens with one attached hydrogen (secondary N) is 1. The summed E-state index contributed by atoms with van der Waals surface area (Å²) in [6.07, 6.45) is 3.75.